The van der Waals surface area contributed by atoms with Gasteiger partial charge in [-0.05, 0) is 36.1 Å². The quantitative estimate of drug-likeness (QED) is 0.863. The number of benzene rings is 1. The third-order valence-corrected chi connectivity index (χ3v) is 3.23. The molecule has 0 spiro atoms. The van der Waals surface area contributed by atoms with Gasteiger partial charge in [0.2, 0.25) is 0 Å². The first-order valence-corrected chi connectivity index (χ1v) is 6.38. The summed E-state index contributed by atoms with van der Waals surface area (Å²) in [6, 6.07) is 5.94. The van der Waals surface area contributed by atoms with Crippen LogP contribution in [0.15, 0.2) is 18.2 Å². The van der Waals surface area contributed by atoms with E-state index < -0.39 is 0 Å². The number of carbonyl (C=O) groups is 1. The minimum atomic E-state index is 0.0254. The average molecular weight is 253 g/mol. The summed E-state index contributed by atoms with van der Waals surface area (Å²) < 4.78 is 0. The topological polar surface area (TPSA) is 32.3 Å². The molecule has 2 amide bonds. The van der Waals surface area contributed by atoms with Crippen LogP contribution in [0.5, 0.6) is 0 Å². The molecule has 0 bridgehead atoms. The van der Waals surface area contributed by atoms with Gasteiger partial charge in [0, 0.05) is 24.7 Å². The van der Waals surface area contributed by atoms with Crippen LogP contribution in [0.2, 0.25) is 5.02 Å². The molecular formula is C13H17ClN2O. The summed E-state index contributed by atoms with van der Waals surface area (Å²) in [6.07, 6.45) is 1.87. The molecule has 17 heavy (non-hydrogen) atoms. The van der Waals surface area contributed by atoms with Crippen molar-refractivity contribution in [3.05, 3.63) is 34.3 Å². The second-order valence-electron chi connectivity index (χ2n) is 4.32. The molecule has 1 aliphatic rings. The highest BCUT2D eigenvalue weighted by Gasteiger charge is 2.20. The molecule has 1 aromatic rings. The monoisotopic (exact) mass is 252 g/mol. The molecule has 1 aliphatic heterocycles. The van der Waals surface area contributed by atoms with E-state index in [1.165, 1.54) is 5.56 Å². The minimum Gasteiger partial charge on any atom is -0.338 e. The second-order valence-corrected chi connectivity index (χ2v) is 4.75. The van der Waals surface area contributed by atoms with Crippen molar-refractivity contribution >= 4 is 17.6 Å². The Morgan fingerprint density at radius 3 is 3.06 bits per heavy atom. The lowest BCUT2D eigenvalue weighted by Gasteiger charge is -2.29. The molecule has 0 unspecified atom stereocenters. The Kier molecular flexibility index (Phi) is 3.89. The molecule has 2 rings (SSSR count). The zero-order valence-electron chi connectivity index (χ0n) is 10.0. The molecule has 0 atom stereocenters. The predicted molar refractivity (Wildman–Crippen MR) is 69.3 cm³/mol. The third-order valence-electron chi connectivity index (χ3n) is 2.99. The average Bonchev–Trinajstić information content (AvgIpc) is 2.35. The van der Waals surface area contributed by atoms with Crippen molar-refractivity contribution in [1.82, 2.24) is 10.2 Å². The number of hydrogen-bond donors (Lipinski definition) is 1. The summed E-state index contributed by atoms with van der Waals surface area (Å²) in [6.45, 7) is 4.22. The zero-order chi connectivity index (χ0) is 12.3. The van der Waals surface area contributed by atoms with Crippen LogP contribution in [0.1, 0.15) is 24.5 Å². The van der Waals surface area contributed by atoms with Crippen molar-refractivity contribution in [2.45, 2.75) is 26.3 Å². The number of fused-ring (bicyclic) bond motifs is 1. The van der Waals surface area contributed by atoms with Crippen molar-refractivity contribution in [2.24, 2.45) is 0 Å². The molecule has 0 saturated carbocycles. The minimum absolute atomic E-state index is 0.0254. The summed E-state index contributed by atoms with van der Waals surface area (Å²) in [4.78, 5) is 13.7. The Bertz CT molecular complexity index is 420. The van der Waals surface area contributed by atoms with Crippen LogP contribution >= 0.6 is 11.6 Å². The van der Waals surface area contributed by atoms with E-state index in [-0.39, 0.29) is 6.03 Å². The number of urea groups is 1. The van der Waals surface area contributed by atoms with Crippen molar-refractivity contribution in [1.29, 1.82) is 0 Å². The molecule has 1 aromatic carbocycles. The highest BCUT2D eigenvalue weighted by Crippen LogP contribution is 2.22. The van der Waals surface area contributed by atoms with Gasteiger partial charge in [-0.3, -0.25) is 0 Å². The fourth-order valence-corrected chi connectivity index (χ4v) is 2.24. The zero-order valence-corrected chi connectivity index (χ0v) is 10.8. The van der Waals surface area contributed by atoms with Gasteiger partial charge in [0.15, 0.2) is 0 Å². The van der Waals surface area contributed by atoms with E-state index in [1.807, 2.05) is 24.0 Å². The van der Waals surface area contributed by atoms with Gasteiger partial charge < -0.3 is 10.2 Å². The number of nitrogens with one attached hydrogen (secondary N) is 1. The van der Waals surface area contributed by atoms with E-state index >= 15 is 0 Å². The summed E-state index contributed by atoms with van der Waals surface area (Å²) in [5.41, 5.74) is 2.46. The van der Waals surface area contributed by atoms with E-state index in [2.05, 4.69) is 11.4 Å². The first-order chi connectivity index (χ1) is 8.20. The summed E-state index contributed by atoms with van der Waals surface area (Å²) in [7, 11) is 0. The number of halogens is 1. The molecule has 0 aliphatic carbocycles. The Morgan fingerprint density at radius 1 is 1.47 bits per heavy atom. The summed E-state index contributed by atoms with van der Waals surface area (Å²) >= 11 is 5.97. The molecular weight excluding hydrogens is 236 g/mol. The molecule has 0 radical (unpaired) electrons. The Morgan fingerprint density at radius 2 is 2.29 bits per heavy atom. The van der Waals surface area contributed by atoms with Gasteiger partial charge in [-0.15, -0.1) is 0 Å². The van der Waals surface area contributed by atoms with Crippen LogP contribution in [-0.4, -0.2) is 24.0 Å². The fraction of sp³-hybridized carbons (Fsp3) is 0.462. The maximum Gasteiger partial charge on any atom is 0.317 e. The van der Waals surface area contributed by atoms with Crippen LogP contribution in [0.3, 0.4) is 0 Å². The van der Waals surface area contributed by atoms with Crippen LogP contribution in [-0.2, 0) is 13.0 Å². The van der Waals surface area contributed by atoms with Gasteiger partial charge in [-0.25, -0.2) is 4.79 Å². The molecule has 0 fully saturated rings. The van der Waals surface area contributed by atoms with Crippen molar-refractivity contribution in [3.8, 4) is 0 Å². The Labute approximate surface area is 107 Å². The van der Waals surface area contributed by atoms with Gasteiger partial charge in [0.05, 0.1) is 0 Å². The number of carbonyl (C=O) groups excluding carboxylic acids is 1. The van der Waals surface area contributed by atoms with Crippen LogP contribution in [0.25, 0.3) is 0 Å². The normalized spacial score (nSPS) is 14.4. The molecule has 0 saturated heterocycles. The van der Waals surface area contributed by atoms with Gasteiger partial charge in [0.1, 0.15) is 0 Å². The highest BCUT2D eigenvalue weighted by molar-refractivity contribution is 6.30. The summed E-state index contributed by atoms with van der Waals surface area (Å²) in [5.74, 6) is 0. The van der Waals surface area contributed by atoms with Crippen LogP contribution in [0.4, 0.5) is 4.79 Å². The molecule has 1 N–H and O–H groups in total. The smallest absolute Gasteiger partial charge is 0.317 e. The first-order valence-electron chi connectivity index (χ1n) is 6.00. The van der Waals surface area contributed by atoms with E-state index in [9.17, 15) is 4.79 Å². The van der Waals surface area contributed by atoms with Gasteiger partial charge in [0.25, 0.3) is 0 Å². The number of nitrogens with zero attached hydrogens (tertiary/aromatic N) is 1. The third kappa shape index (κ3) is 2.91. The first kappa shape index (κ1) is 12.2. The Balaban J connectivity index is 2.04. The van der Waals surface area contributed by atoms with Gasteiger partial charge in [-0.2, -0.15) is 0 Å². The van der Waals surface area contributed by atoms with E-state index in [4.69, 9.17) is 11.6 Å². The van der Waals surface area contributed by atoms with E-state index in [0.29, 0.717) is 6.54 Å². The van der Waals surface area contributed by atoms with E-state index in [0.717, 1.165) is 36.5 Å². The second kappa shape index (κ2) is 5.41. The number of rotatable bonds is 2. The molecule has 92 valence electrons. The van der Waals surface area contributed by atoms with Crippen LogP contribution < -0.4 is 5.32 Å². The van der Waals surface area contributed by atoms with E-state index in [1.54, 1.807) is 0 Å². The van der Waals surface area contributed by atoms with Crippen molar-refractivity contribution < 1.29 is 4.79 Å². The SMILES string of the molecule is CCCNC(=O)N1CCc2ccc(Cl)cc2C1. The number of hydrogen-bond acceptors (Lipinski definition) is 1. The number of amides is 2. The Hall–Kier alpha value is -1.22. The fourth-order valence-electron chi connectivity index (χ4n) is 2.04. The maximum absolute atomic E-state index is 11.8. The lowest BCUT2D eigenvalue weighted by Crippen LogP contribution is -2.42. The van der Waals surface area contributed by atoms with Gasteiger partial charge in [-0.1, -0.05) is 24.6 Å². The largest absolute Gasteiger partial charge is 0.338 e. The lowest BCUT2D eigenvalue weighted by molar-refractivity contribution is 0.192. The lowest BCUT2D eigenvalue weighted by atomic mass is 10.0. The molecule has 4 heteroatoms. The molecule has 3 nitrogen and oxygen atoms in total. The van der Waals surface area contributed by atoms with Gasteiger partial charge >= 0.3 is 6.03 Å². The predicted octanol–water partition coefficient (Wildman–Crippen LogP) is 2.82. The maximum atomic E-state index is 11.8. The standard InChI is InChI=1S/C13H17ClN2O/c1-2-6-15-13(17)16-7-5-10-3-4-12(14)8-11(10)9-16/h3-4,8H,2,5-7,9H2,1H3,(H,15,17). The molecule has 0 aromatic heterocycles. The molecule has 1 heterocycles. The van der Waals surface area contributed by atoms with Crippen molar-refractivity contribution in [3.63, 3.8) is 0 Å². The summed E-state index contributed by atoms with van der Waals surface area (Å²) in [5, 5.41) is 3.64. The highest BCUT2D eigenvalue weighted by atomic mass is 35.5. The van der Waals surface area contributed by atoms with Crippen LogP contribution in [0, 0.1) is 0 Å². The van der Waals surface area contributed by atoms with Crippen molar-refractivity contribution in [2.75, 3.05) is 13.1 Å².